The van der Waals surface area contributed by atoms with Gasteiger partial charge in [0.15, 0.2) is 0 Å². The highest BCUT2D eigenvalue weighted by Gasteiger charge is 2.37. The minimum absolute atomic E-state index is 0.0145. The van der Waals surface area contributed by atoms with E-state index in [9.17, 15) is 19.2 Å². The molecule has 1 fully saturated rings. The van der Waals surface area contributed by atoms with Crippen LogP contribution < -0.4 is 10.2 Å². The van der Waals surface area contributed by atoms with Crippen molar-refractivity contribution >= 4 is 45.8 Å². The molecule has 1 atom stereocenters. The van der Waals surface area contributed by atoms with Gasteiger partial charge >= 0.3 is 0 Å². The lowest BCUT2D eigenvalue weighted by atomic mass is 10.1. The van der Waals surface area contributed by atoms with Crippen LogP contribution in [0.2, 0.25) is 0 Å². The van der Waals surface area contributed by atoms with E-state index in [4.69, 9.17) is 0 Å². The molecular formula is C23H19N5O4S. The van der Waals surface area contributed by atoms with Gasteiger partial charge in [-0.15, -0.1) is 10.2 Å². The number of fused-ring (bicyclic) bond motifs is 1. The summed E-state index contributed by atoms with van der Waals surface area (Å²) in [4.78, 5) is 52.6. The van der Waals surface area contributed by atoms with E-state index in [1.165, 1.54) is 11.3 Å². The zero-order chi connectivity index (χ0) is 23.1. The van der Waals surface area contributed by atoms with Gasteiger partial charge in [0.1, 0.15) is 11.6 Å². The molecule has 3 aromatic rings. The summed E-state index contributed by atoms with van der Waals surface area (Å²) in [6.07, 6.45) is 0.311. The fraction of sp³-hybridized carbons (Fsp3) is 0.217. The topological polar surface area (TPSA) is 113 Å². The van der Waals surface area contributed by atoms with Crippen molar-refractivity contribution in [1.82, 2.24) is 15.1 Å². The van der Waals surface area contributed by atoms with Crippen molar-refractivity contribution in [3.8, 4) is 0 Å². The van der Waals surface area contributed by atoms with Gasteiger partial charge in [0.2, 0.25) is 16.9 Å². The first-order valence-corrected chi connectivity index (χ1v) is 11.2. The highest BCUT2D eigenvalue weighted by atomic mass is 32.1. The van der Waals surface area contributed by atoms with E-state index in [0.717, 1.165) is 16.2 Å². The Balaban J connectivity index is 1.23. The van der Waals surface area contributed by atoms with E-state index >= 15 is 0 Å². The molecule has 9 nitrogen and oxygen atoms in total. The third-order valence-corrected chi connectivity index (χ3v) is 6.75. The molecule has 1 N–H and O–H groups in total. The molecule has 33 heavy (non-hydrogen) atoms. The van der Waals surface area contributed by atoms with Crippen molar-refractivity contribution in [2.24, 2.45) is 0 Å². The van der Waals surface area contributed by atoms with Gasteiger partial charge in [-0.05, 0) is 30.7 Å². The van der Waals surface area contributed by atoms with E-state index in [1.54, 1.807) is 29.2 Å². The summed E-state index contributed by atoms with van der Waals surface area (Å²) in [5.41, 5.74) is 2.48. The number of anilines is 2. The van der Waals surface area contributed by atoms with E-state index < -0.39 is 24.3 Å². The Kier molecular flexibility index (Phi) is 5.21. The van der Waals surface area contributed by atoms with Crippen molar-refractivity contribution < 1.29 is 19.2 Å². The Morgan fingerprint density at radius 1 is 1.03 bits per heavy atom. The smallest absolute Gasteiger partial charge is 0.262 e. The van der Waals surface area contributed by atoms with Crippen molar-refractivity contribution in [3.05, 3.63) is 70.2 Å². The molecule has 4 amide bonds. The first kappa shape index (κ1) is 21.0. The van der Waals surface area contributed by atoms with Gasteiger partial charge in [0.25, 0.3) is 11.8 Å². The number of benzene rings is 2. The minimum Gasteiger partial charge on any atom is -0.311 e. The molecule has 2 aliphatic heterocycles. The van der Waals surface area contributed by atoms with Crippen LogP contribution in [0.4, 0.5) is 10.8 Å². The van der Waals surface area contributed by atoms with E-state index in [-0.39, 0.29) is 28.1 Å². The summed E-state index contributed by atoms with van der Waals surface area (Å²) in [5.74, 6) is -1.65. The maximum Gasteiger partial charge on any atom is 0.262 e. The number of hydrogen-bond acceptors (Lipinski definition) is 7. The van der Waals surface area contributed by atoms with Crippen LogP contribution in [0.15, 0.2) is 48.5 Å². The Morgan fingerprint density at radius 3 is 2.39 bits per heavy atom. The number of amides is 4. The molecule has 0 spiro atoms. The molecule has 0 radical (unpaired) electrons. The Bertz CT molecular complexity index is 1270. The van der Waals surface area contributed by atoms with Crippen molar-refractivity contribution in [2.75, 3.05) is 23.3 Å². The van der Waals surface area contributed by atoms with Crippen LogP contribution in [-0.2, 0) is 9.59 Å². The van der Waals surface area contributed by atoms with Crippen LogP contribution in [-0.4, -0.2) is 51.8 Å². The summed E-state index contributed by atoms with van der Waals surface area (Å²) in [6, 6.07) is 14.2. The average molecular weight is 462 g/mol. The number of carbonyl (C=O) groups is 4. The fourth-order valence-electron chi connectivity index (χ4n) is 4.11. The Hall–Kier alpha value is -3.92. The van der Waals surface area contributed by atoms with Crippen molar-refractivity contribution in [3.63, 3.8) is 0 Å². The third-order valence-electron chi connectivity index (χ3n) is 5.75. The van der Waals surface area contributed by atoms with E-state index in [0.29, 0.717) is 18.0 Å². The second kappa shape index (κ2) is 8.21. The number of aryl methyl sites for hydroxylation is 1. The van der Waals surface area contributed by atoms with E-state index in [1.807, 2.05) is 31.2 Å². The second-order valence-electron chi connectivity index (χ2n) is 7.93. The predicted octanol–water partition coefficient (Wildman–Crippen LogP) is 2.60. The SMILES string of the molecule is Cc1ccccc1N1C[C@H](c2nnc(NC(=O)CN3C(=O)c4ccccc4C3=O)s2)CC1=O. The highest BCUT2D eigenvalue weighted by Crippen LogP contribution is 2.35. The first-order valence-electron chi connectivity index (χ1n) is 10.4. The summed E-state index contributed by atoms with van der Waals surface area (Å²) in [5, 5.41) is 11.7. The number of hydrogen-bond donors (Lipinski definition) is 1. The molecule has 10 heteroatoms. The third kappa shape index (κ3) is 3.78. The van der Waals surface area contributed by atoms with Gasteiger partial charge in [-0.3, -0.25) is 29.4 Å². The molecule has 0 unspecified atom stereocenters. The number of carbonyl (C=O) groups excluding carboxylic acids is 4. The zero-order valence-corrected chi connectivity index (χ0v) is 18.5. The maximum atomic E-state index is 12.6. The average Bonchev–Trinajstić information content (AvgIpc) is 3.48. The van der Waals surface area contributed by atoms with Gasteiger partial charge in [-0.25, -0.2) is 0 Å². The highest BCUT2D eigenvalue weighted by molar-refractivity contribution is 7.15. The summed E-state index contributed by atoms with van der Waals surface area (Å²) in [6.45, 7) is 2.04. The molecule has 0 bridgehead atoms. The van der Waals surface area contributed by atoms with Crippen LogP contribution >= 0.6 is 11.3 Å². The summed E-state index contributed by atoms with van der Waals surface area (Å²) >= 11 is 1.19. The quantitative estimate of drug-likeness (QED) is 0.585. The normalized spacial score (nSPS) is 17.6. The van der Waals surface area contributed by atoms with Gasteiger partial charge < -0.3 is 4.90 Å². The maximum absolute atomic E-state index is 12.6. The van der Waals surface area contributed by atoms with Crippen LogP contribution in [0.25, 0.3) is 0 Å². The molecule has 2 aromatic carbocycles. The number of nitrogens with one attached hydrogen (secondary N) is 1. The van der Waals surface area contributed by atoms with Gasteiger partial charge in [0, 0.05) is 24.6 Å². The van der Waals surface area contributed by atoms with E-state index in [2.05, 4.69) is 15.5 Å². The zero-order valence-electron chi connectivity index (χ0n) is 17.6. The van der Waals surface area contributed by atoms with Gasteiger partial charge in [-0.2, -0.15) is 0 Å². The number of aromatic nitrogens is 2. The molecule has 1 aromatic heterocycles. The standard InChI is InChI=1S/C23H19N5O4S/c1-13-6-2-5-9-17(13)27-11-14(10-19(27)30)20-25-26-23(33-20)24-18(29)12-28-21(31)15-7-3-4-8-16(15)22(28)32/h2-9,14H,10-12H2,1H3,(H,24,26,29)/t14-/m1/s1. The first-order chi connectivity index (χ1) is 15.9. The number of nitrogens with zero attached hydrogens (tertiary/aromatic N) is 4. The van der Waals surface area contributed by atoms with Crippen LogP contribution in [0.3, 0.4) is 0 Å². The second-order valence-corrected chi connectivity index (χ2v) is 8.94. The molecule has 1 saturated heterocycles. The largest absolute Gasteiger partial charge is 0.311 e. The van der Waals surface area contributed by atoms with Crippen LogP contribution in [0.5, 0.6) is 0 Å². The Labute approximate surface area is 193 Å². The monoisotopic (exact) mass is 461 g/mol. The molecule has 0 saturated carbocycles. The fourth-order valence-corrected chi connectivity index (χ4v) is 4.96. The predicted molar refractivity (Wildman–Crippen MR) is 121 cm³/mol. The lowest BCUT2D eigenvalue weighted by molar-refractivity contribution is -0.117. The van der Waals surface area contributed by atoms with Crippen LogP contribution in [0, 0.1) is 6.92 Å². The number of para-hydroxylation sites is 1. The Morgan fingerprint density at radius 2 is 1.70 bits per heavy atom. The molecular weight excluding hydrogens is 442 g/mol. The molecule has 5 rings (SSSR count). The van der Waals surface area contributed by atoms with Gasteiger partial charge in [0.05, 0.1) is 11.1 Å². The molecule has 3 heterocycles. The van der Waals surface area contributed by atoms with Gasteiger partial charge in [-0.1, -0.05) is 41.7 Å². The molecule has 166 valence electrons. The number of imide groups is 1. The van der Waals surface area contributed by atoms with Crippen molar-refractivity contribution in [1.29, 1.82) is 0 Å². The summed E-state index contributed by atoms with van der Waals surface area (Å²) in [7, 11) is 0. The summed E-state index contributed by atoms with van der Waals surface area (Å²) < 4.78 is 0. The lowest BCUT2D eigenvalue weighted by Gasteiger charge is -2.18. The van der Waals surface area contributed by atoms with Crippen molar-refractivity contribution in [2.45, 2.75) is 19.3 Å². The molecule has 0 aliphatic carbocycles. The lowest BCUT2D eigenvalue weighted by Crippen LogP contribution is -2.37. The molecule has 2 aliphatic rings. The number of rotatable bonds is 5. The minimum atomic E-state index is -0.545. The van der Waals surface area contributed by atoms with Crippen LogP contribution in [0.1, 0.15) is 43.6 Å².